The summed E-state index contributed by atoms with van der Waals surface area (Å²) in [6.07, 6.45) is 5.19. The zero-order chi connectivity index (χ0) is 8.89. The number of amides is 1. The van der Waals surface area contributed by atoms with Crippen molar-refractivity contribution in [2.24, 2.45) is 0 Å². The Morgan fingerprint density at radius 1 is 1.46 bits per heavy atom. The topological polar surface area (TPSA) is 54.9 Å². The van der Waals surface area contributed by atoms with Crippen LogP contribution in [-0.4, -0.2) is 15.9 Å². The van der Waals surface area contributed by atoms with Crippen molar-refractivity contribution >= 4 is 5.91 Å². The van der Waals surface area contributed by atoms with Gasteiger partial charge in [-0.25, -0.2) is 9.97 Å². The molecule has 1 aromatic rings. The van der Waals surface area contributed by atoms with Gasteiger partial charge >= 0.3 is 0 Å². The second-order valence-electron chi connectivity index (χ2n) is 3.66. The van der Waals surface area contributed by atoms with E-state index in [0.29, 0.717) is 6.54 Å². The second-order valence-corrected chi connectivity index (χ2v) is 3.66. The Bertz CT molecular complexity index is 384. The van der Waals surface area contributed by atoms with Crippen LogP contribution in [0.3, 0.4) is 0 Å². The summed E-state index contributed by atoms with van der Waals surface area (Å²) in [7, 11) is 0. The third kappa shape index (κ3) is 0.775. The van der Waals surface area contributed by atoms with Gasteiger partial charge in [-0.3, -0.25) is 4.79 Å². The smallest absolute Gasteiger partial charge is 0.232 e. The minimum absolute atomic E-state index is 0.138. The molecule has 1 N–H and O–H groups in total. The summed E-state index contributed by atoms with van der Waals surface area (Å²) in [5.74, 6) is 0.138. The van der Waals surface area contributed by atoms with Crippen LogP contribution < -0.4 is 5.32 Å². The lowest BCUT2D eigenvalue weighted by Crippen LogP contribution is -2.40. The first-order chi connectivity index (χ1) is 6.33. The number of hydrogen-bond acceptors (Lipinski definition) is 3. The number of carbonyl (C=O) groups excluding carboxylic acids is 1. The fraction of sp³-hybridized carbons (Fsp3) is 0.444. The summed E-state index contributed by atoms with van der Waals surface area (Å²) >= 11 is 0. The van der Waals surface area contributed by atoms with Gasteiger partial charge in [0.05, 0.1) is 11.1 Å². The summed E-state index contributed by atoms with van der Waals surface area (Å²) in [6, 6.07) is 0. The van der Waals surface area contributed by atoms with E-state index in [0.717, 1.165) is 24.1 Å². The molecule has 2 aliphatic rings. The van der Waals surface area contributed by atoms with E-state index in [-0.39, 0.29) is 11.3 Å². The number of rotatable bonds is 0. The molecule has 1 saturated carbocycles. The maximum absolute atomic E-state index is 11.6. The minimum Gasteiger partial charge on any atom is -0.351 e. The van der Waals surface area contributed by atoms with Crippen LogP contribution in [0.15, 0.2) is 12.5 Å². The van der Waals surface area contributed by atoms with Crippen molar-refractivity contribution in [1.29, 1.82) is 0 Å². The molecule has 13 heavy (non-hydrogen) atoms. The van der Waals surface area contributed by atoms with Crippen molar-refractivity contribution in [3.05, 3.63) is 23.8 Å². The van der Waals surface area contributed by atoms with E-state index in [9.17, 15) is 4.79 Å². The average molecular weight is 175 g/mol. The Morgan fingerprint density at radius 3 is 3.08 bits per heavy atom. The molecule has 0 saturated heterocycles. The van der Waals surface area contributed by atoms with Crippen LogP contribution in [0.2, 0.25) is 0 Å². The molecule has 0 unspecified atom stereocenters. The third-order valence-corrected chi connectivity index (χ3v) is 2.87. The average Bonchev–Trinajstić information content (AvgIpc) is 2.94. The number of aromatic nitrogens is 2. The number of hydrogen-bond donors (Lipinski definition) is 1. The Kier molecular flexibility index (Phi) is 1.12. The van der Waals surface area contributed by atoms with E-state index in [1.165, 1.54) is 6.33 Å². The molecule has 2 heterocycles. The highest BCUT2D eigenvalue weighted by Crippen LogP contribution is 2.49. The van der Waals surface area contributed by atoms with Gasteiger partial charge in [0, 0.05) is 18.3 Å². The molecule has 1 spiro atoms. The SMILES string of the molecule is O=C1NCc2cncnc2C12CC2. The lowest BCUT2D eigenvalue weighted by atomic mass is 9.93. The first-order valence-electron chi connectivity index (χ1n) is 4.41. The second kappa shape index (κ2) is 2.07. The van der Waals surface area contributed by atoms with Crippen LogP contribution in [-0.2, 0) is 16.8 Å². The lowest BCUT2D eigenvalue weighted by Gasteiger charge is -2.22. The van der Waals surface area contributed by atoms with Crippen molar-refractivity contribution in [1.82, 2.24) is 15.3 Å². The summed E-state index contributed by atoms with van der Waals surface area (Å²) < 4.78 is 0. The quantitative estimate of drug-likeness (QED) is 0.610. The van der Waals surface area contributed by atoms with E-state index in [1.807, 2.05) is 0 Å². The fourth-order valence-electron chi connectivity index (χ4n) is 1.96. The number of nitrogens with zero attached hydrogens (tertiary/aromatic N) is 2. The summed E-state index contributed by atoms with van der Waals surface area (Å²) in [5.41, 5.74) is 1.74. The standard InChI is InChI=1S/C9H9N3O/c13-8-9(1-2-9)7-6(4-11-8)3-10-5-12-7/h3,5H,1-2,4H2,(H,11,13). The Balaban J connectivity index is 2.20. The first kappa shape index (κ1) is 7.00. The van der Waals surface area contributed by atoms with Gasteiger partial charge in [0.25, 0.3) is 0 Å². The van der Waals surface area contributed by atoms with Gasteiger partial charge in [-0.15, -0.1) is 0 Å². The molecule has 0 bridgehead atoms. The Hall–Kier alpha value is -1.45. The monoisotopic (exact) mass is 175 g/mol. The maximum atomic E-state index is 11.6. The van der Waals surface area contributed by atoms with Crippen molar-refractivity contribution in [2.45, 2.75) is 24.8 Å². The molecule has 0 aromatic carbocycles. The van der Waals surface area contributed by atoms with Gasteiger partial charge in [0.15, 0.2) is 0 Å². The normalized spacial score (nSPS) is 22.3. The van der Waals surface area contributed by atoms with Crippen LogP contribution in [0.4, 0.5) is 0 Å². The number of fused-ring (bicyclic) bond motifs is 2. The van der Waals surface area contributed by atoms with Gasteiger partial charge in [-0.05, 0) is 12.8 Å². The largest absolute Gasteiger partial charge is 0.351 e. The maximum Gasteiger partial charge on any atom is 0.232 e. The number of carbonyl (C=O) groups is 1. The lowest BCUT2D eigenvalue weighted by molar-refractivity contribution is -0.124. The molecule has 0 atom stereocenters. The fourth-order valence-corrected chi connectivity index (χ4v) is 1.96. The van der Waals surface area contributed by atoms with Gasteiger partial charge < -0.3 is 5.32 Å². The Morgan fingerprint density at radius 2 is 2.31 bits per heavy atom. The highest BCUT2D eigenvalue weighted by molar-refractivity contribution is 5.92. The molecule has 1 fully saturated rings. The van der Waals surface area contributed by atoms with Crippen LogP contribution in [0.25, 0.3) is 0 Å². The van der Waals surface area contributed by atoms with E-state index < -0.39 is 0 Å². The first-order valence-corrected chi connectivity index (χ1v) is 4.41. The van der Waals surface area contributed by atoms with Gasteiger partial charge in [0.1, 0.15) is 6.33 Å². The summed E-state index contributed by atoms with van der Waals surface area (Å²) in [5, 5.41) is 2.87. The molecular formula is C9H9N3O. The molecule has 66 valence electrons. The Labute approximate surface area is 75.4 Å². The van der Waals surface area contributed by atoms with Crippen molar-refractivity contribution < 1.29 is 4.79 Å². The van der Waals surface area contributed by atoms with E-state index in [1.54, 1.807) is 6.20 Å². The number of nitrogens with one attached hydrogen (secondary N) is 1. The van der Waals surface area contributed by atoms with E-state index in [2.05, 4.69) is 15.3 Å². The van der Waals surface area contributed by atoms with E-state index >= 15 is 0 Å². The predicted molar refractivity (Wildman–Crippen MR) is 44.8 cm³/mol. The summed E-state index contributed by atoms with van der Waals surface area (Å²) in [6.45, 7) is 0.580. The van der Waals surface area contributed by atoms with Crippen molar-refractivity contribution in [2.75, 3.05) is 0 Å². The third-order valence-electron chi connectivity index (χ3n) is 2.87. The van der Waals surface area contributed by atoms with Crippen LogP contribution in [0.5, 0.6) is 0 Å². The van der Waals surface area contributed by atoms with Gasteiger partial charge in [0.2, 0.25) is 5.91 Å². The molecule has 1 aliphatic heterocycles. The van der Waals surface area contributed by atoms with Crippen molar-refractivity contribution in [3.8, 4) is 0 Å². The van der Waals surface area contributed by atoms with Crippen LogP contribution in [0.1, 0.15) is 24.1 Å². The molecule has 4 nitrogen and oxygen atoms in total. The predicted octanol–water partition coefficient (Wildman–Crippen LogP) is 0.138. The zero-order valence-corrected chi connectivity index (χ0v) is 7.08. The molecule has 1 amide bonds. The molecule has 3 rings (SSSR count). The molecule has 4 heteroatoms. The van der Waals surface area contributed by atoms with Crippen LogP contribution in [0, 0.1) is 0 Å². The minimum atomic E-state index is -0.281. The highest BCUT2D eigenvalue weighted by Gasteiger charge is 2.55. The molecule has 0 radical (unpaired) electrons. The van der Waals surface area contributed by atoms with Gasteiger partial charge in [-0.1, -0.05) is 0 Å². The zero-order valence-electron chi connectivity index (χ0n) is 7.08. The van der Waals surface area contributed by atoms with Gasteiger partial charge in [-0.2, -0.15) is 0 Å². The molecule has 1 aromatic heterocycles. The van der Waals surface area contributed by atoms with Crippen LogP contribution >= 0.6 is 0 Å². The molecular weight excluding hydrogens is 166 g/mol. The molecule has 1 aliphatic carbocycles. The highest BCUT2D eigenvalue weighted by atomic mass is 16.2. The summed E-state index contributed by atoms with van der Waals surface area (Å²) in [4.78, 5) is 19.7. The van der Waals surface area contributed by atoms with Crippen molar-refractivity contribution in [3.63, 3.8) is 0 Å². The van der Waals surface area contributed by atoms with E-state index in [4.69, 9.17) is 0 Å².